The summed E-state index contributed by atoms with van der Waals surface area (Å²) < 4.78 is 54.5. The van der Waals surface area contributed by atoms with Crippen molar-refractivity contribution in [1.82, 2.24) is 0 Å². The smallest absolute Gasteiger partial charge is 0.420 e. The number of esters is 1. The number of allylic oxidation sites excluding steroid dienone is 1. The second-order valence-corrected chi connectivity index (χ2v) is 4.61. The molecule has 0 fully saturated rings. The third-order valence-corrected chi connectivity index (χ3v) is 2.90. The molecule has 122 valence electrons. The molecule has 24 heavy (non-hydrogen) atoms. The third kappa shape index (κ3) is 4.20. The Morgan fingerprint density at radius 2 is 1.83 bits per heavy atom. The molecule has 7 heteroatoms. The molecule has 0 aliphatic heterocycles. The summed E-state index contributed by atoms with van der Waals surface area (Å²) in [4.78, 5) is 10.8. The third-order valence-electron chi connectivity index (χ3n) is 2.90. The number of carbonyl (C=O) groups is 1. The Kier molecular flexibility index (Phi) is 4.99. The van der Waals surface area contributed by atoms with Crippen molar-refractivity contribution in [2.45, 2.75) is 6.18 Å². The number of carbonyl (C=O) groups excluding carboxylic acids is 1. The van der Waals surface area contributed by atoms with Crippen LogP contribution in [0, 0.1) is 17.1 Å². The second kappa shape index (κ2) is 6.96. The highest BCUT2D eigenvalue weighted by Crippen LogP contribution is 2.24. The number of hydrogen-bond acceptors (Lipinski definition) is 3. The van der Waals surface area contributed by atoms with Gasteiger partial charge in [0.1, 0.15) is 11.6 Å². The molecular weight excluding hydrogens is 326 g/mol. The Labute approximate surface area is 134 Å². The lowest BCUT2D eigenvalue weighted by atomic mass is 10.0. The van der Waals surface area contributed by atoms with E-state index in [1.54, 1.807) is 6.07 Å². The van der Waals surface area contributed by atoms with Gasteiger partial charge in [-0.15, -0.1) is 0 Å². The number of nitrogens with zero attached hydrogens (tertiary/aromatic N) is 1. The number of hydrogen-bond donors (Lipinski definition) is 0. The maximum Gasteiger partial charge on any atom is 0.491 e. The zero-order chi connectivity index (χ0) is 17.7. The summed E-state index contributed by atoms with van der Waals surface area (Å²) >= 11 is 0. The summed E-state index contributed by atoms with van der Waals surface area (Å²) in [6.07, 6.45) is -3.83. The molecule has 0 aromatic heterocycles. The van der Waals surface area contributed by atoms with Crippen LogP contribution in [-0.4, -0.2) is 12.1 Å². The lowest BCUT2D eigenvalue weighted by Gasteiger charge is -2.07. The van der Waals surface area contributed by atoms with E-state index < -0.39 is 18.0 Å². The molecule has 0 aliphatic carbocycles. The topological polar surface area (TPSA) is 50.1 Å². The Balaban J connectivity index is 2.33. The molecule has 0 amide bonds. The minimum absolute atomic E-state index is 0.0209. The van der Waals surface area contributed by atoms with Gasteiger partial charge in [0.25, 0.3) is 0 Å². The highest BCUT2D eigenvalue weighted by Gasteiger charge is 2.41. The minimum atomic E-state index is -5.11. The Morgan fingerprint density at radius 3 is 2.46 bits per heavy atom. The molecule has 0 bridgehead atoms. The quantitative estimate of drug-likeness (QED) is 0.275. The first-order valence-corrected chi connectivity index (χ1v) is 6.57. The van der Waals surface area contributed by atoms with Crippen molar-refractivity contribution < 1.29 is 27.1 Å². The molecule has 0 aliphatic rings. The van der Waals surface area contributed by atoms with E-state index in [0.29, 0.717) is 0 Å². The first-order chi connectivity index (χ1) is 11.3. The molecule has 0 saturated heterocycles. The molecule has 0 unspecified atom stereocenters. The monoisotopic (exact) mass is 335 g/mol. The minimum Gasteiger partial charge on any atom is -0.420 e. The van der Waals surface area contributed by atoms with Gasteiger partial charge in [-0.3, -0.25) is 0 Å². The first-order valence-electron chi connectivity index (χ1n) is 6.57. The Hall–Kier alpha value is -3.14. The number of rotatable bonds is 3. The molecule has 0 saturated carbocycles. The number of alkyl halides is 3. The average molecular weight is 335 g/mol. The van der Waals surface area contributed by atoms with Crippen molar-refractivity contribution in [3.63, 3.8) is 0 Å². The molecule has 2 aromatic rings. The van der Waals surface area contributed by atoms with Gasteiger partial charge < -0.3 is 4.74 Å². The van der Waals surface area contributed by atoms with Crippen LogP contribution < -0.4 is 4.74 Å². The fraction of sp³-hybridized carbons (Fsp3) is 0.0588. The molecular formula is C17H9F4NO2. The van der Waals surface area contributed by atoms with Gasteiger partial charge in [-0.25, -0.2) is 9.18 Å². The summed E-state index contributed by atoms with van der Waals surface area (Å²) in [5, 5.41) is 9.17. The Morgan fingerprint density at radius 1 is 1.12 bits per heavy atom. The molecule has 2 rings (SSSR count). The molecule has 0 heterocycles. The predicted molar refractivity (Wildman–Crippen MR) is 78.0 cm³/mol. The van der Waals surface area contributed by atoms with Crippen LogP contribution >= 0.6 is 0 Å². The highest BCUT2D eigenvalue weighted by molar-refractivity contribution is 5.90. The largest absolute Gasteiger partial charge is 0.491 e. The van der Waals surface area contributed by atoms with E-state index in [4.69, 9.17) is 5.26 Å². The summed E-state index contributed by atoms with van der Waals surface area (Å²) in [6.45, 7) is 0. The summed E-state index contributed by atoms with van der Waals surface area (Å²) in [5.41, 5.74) is 0.312. The second-order valence-electron chi connectivity index (χ2n) is 4.61. The summed E-state index contributed by atoms with van der Waals surface area (Å²) in [7, 11) is 0. The van der Waals surface area contributed by atoms with Crippen molar-refractivity contribution in [3.8, 4) is 11.8 Å². The molecule has 3 nitrogen and oxygen atoms in total. The fourth-order valence-electron chi connectivity index (χ4n) is 1.85. The van der Waals surface area contributed by atoms with Gasteiger partial charge in [0.15, 0.2) is 0 Å². The highest BCUT2D eigenvalue weighted by atomic mass is 19.4. The molecule has 0 spiro atoms. The van der Waals surface area contributed by atoms with Gasteiger partial charge in [-0.2, -0.15) is 18.4 Å². The van der Waals surface area contributed by atoms with Crippen LogP contribution in [0.25, 0.3) is 11.6 Å². The number of ether oxygens (including phenoxy) is 1. The SMILES string of the molecule is N#C/C(=C/c1cccc(OC(=O)C(F)(F)F)c1)c1ccccc1F. The zero-order valence-electron chi connectivity index (χ0n) is 12.0. The van der Waals surface area contributed by atoms with E-state index in [2.05, 4.69) is 4.74 Å². The van der Waals surface area contributed by atoms with Crippen molar-refractivity contribution in [2.75, 3.05) is 0 Å². The van der Waals surface area contributed by atoms with E-state index in [1.165, 1.54) is 36.4 Å². The lowest BCUT2D eigenvalue weighted by Crippen LogP contribution is -2.27. The molecule has 0 radical (unpaired) electrons. The predicted octanol–water partition coefficient (Wildman–Crippen LogP) is 4.36. The number of benzene rings is 2. The molecule has 0 atom stereocenters. The standard InChI is InChI=1S/C17H9F4NO2/c18-15-7-2-1-6-14(15)12(10-22)8-11-4-3-5-13(9-11)24-16(23)17(19,20)21/h1-9H/b12-8-. The van der Waals surface area contributed by atoms with E-state index >= 15 is 0 Å². The van der Waals surface area contributed by atoms with Crippen molar-refractivity contribution in [1.29, 1.82) is 5.26 Å². The van der Waals surface area contributed by atoms with Gasteiger partial charge in [0, 0.05) is 5.56 Å². The number of halogens is 4. The van der Waals surface area contributed by atoms with Crippen LogP contribution in [0.5, 0.6) is 5.75 Å². The van der Waals surface area contributed by atoms with E-state index in [-0.39, 0.29) is 22.4 Å². The molecule has 0 N–H and O–H groups in total. The van der Waals surface area contributed by atoms with Crippen LogP contribution in [0.3, 0.4) is 0 Å². The summed E-state index contributed by atoms with van der Waals surface area (Å²) in [5.74, 6) is -3.29. The van der Waals surface area contributed by atoms with Crippen molar-refractivity contribution in [3.05, 3.63) is 65.5 Å². The lowest BCUT2D eigenvalue weighted by molar-refractivity contribution is -0.189. The van der Waals surface area contributed by atoms with Gasteiger partial charge in [-0.05, 0) is 29.8 Å². The van der Waals surface area contributed by atoms with E-state index in [9.17, 15) is 22.4 Å². The van der Waals surface area contributed by atoms with E-state index in [1.807, 2.05) is 6.07 Å². The fourth-order valence-corrected chi connectivity index (χ4v) is 1.85. The van der Waals surface area contributed by atoms with Crippen molar-refractivity contribution >= 4 is 17.6 Å². The van der Waals surface area contributed by atoms with Gasteiger partial charge in [-0.1, -0.05) is 30.3 Å². The van der Waals surface area contributed by atoms with Gasteiger partial charge in [0.05, 0.1) is 11.6 Å². The first kappa shape index (κ1) is 17.2. The normalized spacial score (nSPS) is 11.7. The van der Waals surface area contributed by atoms with Gasteiger partial charge >= 0.3 is 12.1 Å². The zero-order valence-corrected chi connectivity index (χ0v) is 12.0. The van der Waals surface area contributed by atoms with Crippen molar-refractivity contribution in [2.24, 2.45) is 0 Å². The number of nitriles is 1. The summed E-state index contributed by atoms with van der Waals surface area (Å²) in [6, 6.07) is 12.5. The van der Waals surface area contributed by atoms with Crippen LogP contribution in [0.4, 0.5) is 17.6 Å². The maximum absolute atomic E-state index is 13.7. The van der Waals surface area contributed by atoms with Crippen LogP contribution in [0.15, 0.2) is 48.5 Å². The van der Waals surface area contributed by atoms with Crippen LogP contribution in [-0.2, 0) is 4.79 Å². The van der Waals surface area contributed by atoms with E-state index in [0.717, 1.165) is 12.1 Å². The van der Waals surface area contributed by atoms with Gasteiger partial charge in [0.2, 0.25) is 0 Å². The Bertz CT molecular complexity index is 835. The van der Waals surface area contributed by atoms with Crippen LogP contribution in [0.1, 0.15) is 11.1 Å². The van der Waals surface area contributed by atoms with Crippen LogP contribution in [0.2, 0.25) is 0 Å². The molecule has 2 aromatic carbocycles. The average Bonchev–Trinajstić information content (AvgIpc) is 2.53. The maximum atomic E-state index is 13.7.